The first-order chi connectivity index (χ1) is 31.3. The molecule has 2 aliphatic rings. The number of rotatable bonds is 5. The third kappa shape index (κ3) is 5.23. The smallest absolute Gasteiger partial charge is 0.138 e. The van der Waals surface area contributed by atoms with E-state index in [0.717, 1.165) is 56.0 Å². The summed E-state index contributed by atoms with van der Waals surface area (Å²) in [5.41, 5.74) is 19.7. The van der Waals surface area contributed by atoms with Gasteiger partial charge in [0.25, 0.3) is 0 Å². The molecule has 11 aromatic rings. The van der Waals surface area contributed by atoms with Crippen LogP contribution in [-0.4, -0.2) is 9.55 Å². The zero-order chi connectivity index (χ0) is 41.5. The Morgan fingerprint density at radius 2 is 0.889 bits per heavy atom. The highest BCUT2D eigenvalue weighted by molar-refractivity contribution is 6.10. The van der Waals surface area contributed by atoms with Crippen LogP contribution in [0.1, 0.15) is 22.3 Å². The average Bonchev–Trinajstić information content (AvgIpc) is 3.85. The largest absolute Gasteiger partial charge is 0.310 e. The number of hydrogen-bond acceptors (Lipinski definition) is 2. The number of pyridine rings is 1. The Morgan fingerprint density at radius 1 is 0.333 bits per heavy atom. The van der Waals surface area contributed by atoms with Gasteiger partial charge in [-0.15, -0.1) is 0 Å². The predicted octanol–water partition coefficient (Wildman–Crippen LogP) is 15.3. The molecule has 1 spiro atoms. The number of hydrogen-bond donors (Lipinski definition) is 0. The highest BCUT2D eigenvalue weighted by Gasteiger charge is 2.51. The van der Waals surface area contributed by atoms with E-state index in [1.807, 2.05) is 0 Å². The summed E-state index contributed by atoms with van der Waals surface area (Å²) in [5.74, 6) is 0.891. The van der Waals surface area contributed by atoms with E-state index < -0.39 is 5.41 Å². The molecule has 294 valence electrons. The molecular formula is C60H39N3. The van der Waals surface area contributed by atoms with Gasteiger partial charge < -0.3 is 4.90 Å². The van der Waals surface area contributed by atoms with Crippen LogP contribution < -0.4 is 4.90 Å². The molecule has 0 unspecified atom stereocenters. The molecule has 0 bridgehead atoms. The van der Waals surface area contributed by atoms with E-state index in [4.69, 9.17) is 4.98 Å². The summed E-state index contributed by atoms with van der Waals surface area (Å²) in [6.07, 6.45) is 0. The summed E-state index contributed by atoms with van der Waals surface area (Å²) in [6, 6.07) is 86.4. The second-order valence-electron chi connectivity index (χ2n) is 16.7. The second-order valence-corrected chi connectivity index (χ2v) is 16.7. The molecule has 2 aromatic heterocycles. The van der Waals surface area contributed by atoms with Crippen LogP contribution in [0.4, 0.5) is 17.1 Å². The molecule has 0 amide bonds. The van der Waals surface area contributed by atoms with Crippen molar-refractivity contribution in [1.29, 1.82) is 0 Å². The lowest BCUT2D eigenvalue weighted by molar-refractivity contribution is 0.753. The Hall–Kier alpha value is -8.27. The van der Waals surface area contributed by atoms with E-state index in [1.54, 1.807) is 0 Å². The van der Waals surface area contributed by atoms with Crippen LogP contribution in [0.2, 0.25) is 0 Å². The molecule has 3 heteroatoms. The van der Waals surface area contributed by atoms with Crippen molar-refractivity contribution in [3.05, 3.63) is 259 Å². The van der Waals surface area contributed by atoms with E-state index >= 15 is 0 Å². The highest BCUT2D eigenvalue weighted by atomic mass is 15.2. The molecule has 3 heterocycles. The molecule has 1 aliphatic carbocycles. The van der Waals surface area contributed by atoms with Gasteiger partial charge in [0.15, 0.2) is 0 Å². The zero-order valence-electron chi connectivity index (χ0n) is 34.4. The van der Waals surface area contributed by atoms with E-state index in [0.29, 0.717) is 0 Å². The number of aromatic nitrogens is 2. The fraction of sp³-hybridized carbons (Fsp3) is 0.0167. The Morgan fingerprint density at radius 3 is 1.63 bits per heavy atom. The van der Waals surface area contributed by atoms with E-state index in [9.17, 15) is 0 Å². The lowest BCUT2D eigenvalue weighted by atomic mass is 9.64. The lowest BCUT2D eigenvalue weighted by Crippen LogP contribution is -2.36. The Labute approximate surface area is 366 Å². The lowest BCUT2D eigenvalue weighted by Gasteiger charge is -2.45. The Balaban J connectivity index is 1.04. The van der Waals surface area contributed by atoms with E-state index in [1.165, 1.54) is 55.5 Å². The van der Waals surface area contributed by atoms with Crippen molar-refractivity contribution in [2.45, 2.75) is 5.41 Å². The molecule has 0 saturated heterocycles. The second kappa shape index (κ2) is 13.9. The van der Waals surface area contributed by atoms with Gasteiger partial charge in [-0.1, -0.05) is 182 Å². The molecule has 3 nitrogen and oxygen atoms in total. The summed E-state index contributed by atoms with van der Waals surface area (Å²) >= 11 is 0. The molecule has 9 aromatic carbocycles. The molecule has 63 heavy (non-hydrogen) atoms. The maximum Gasteiger partial charge on any atom is 0.138 e. The van der Waals surface area contributed by atoms with Crippen LogP contribution in [0.15, 0.2) is 237 Å². The van der Waals surface area contributed by atoms with Crippen molar-refractivity contribution in [1.82, 2.24) is 9.55 Å². The SMILES string of the molecule is c1ccc(-c2cc(-c3ccccc3)nc(-n3c4ccccc4c4cc(-c5ccc6c(c5)N(c5ccccc5)c5ccccc5C65c6ccccc6-c6ccccc65)ccc43)c2)cc1. The van der Waals surface area contributed by atoms with Crippen LogP contribution in [0.5, 0.6) is 0 Å². The number of para-hydroxylation sites is 3. The minimum absolute atomic E-state index is 0.486. The van der Waals surface area contributed by atoms with Gasteiger partial charge in [-0.2, -0.15) is 0 Å². The van der Waals surface area contributed by atoms with Crippen molar-refractivity contribution in [3.63, 3.8) is 0 Å². The molecule has 0 N–H and O–H groups in total. The number of nitrogens with zero attached hydrogens (tertiary/aromatic N) is 3. The molecule has 0 fully saturated rings. The maximum atomic E-state index is 5.38. The minimum atomic E-state index is -0.486. The van der Waals surface area contributed by atoms with Crippen LogP contribution in [0, 0.1) is 0 Å². The first kappa shape index (κ1) is 35.5. The topological polar surface area (TPSA) is 21.1 Å². The summed E-state index contributed by atoms with van der Waals surface area (Å²) in [5, 5.41) is 2.38. The van der Waals surface area contributed by atoms with Gasteiger partial charge >= 0.3 is 0 Å². The van der Waals surface area contributed by atoms with E-state index in [-0.39, 0.29) is 0 Å². The summed E-state index contributed by atoms with van der Waals surface area (Å²) in [6.45, 7) is 0. The molecule has 0 saturated carbocycles. The van der Waals surface area contributed by atoms with Gasteiger partial charge in [0.05, 0.1) is 33.5 Å². The van der Waals surface area contributed by atoms with Gasteiger partial charge in [0.2, 0.25) is 0 Å². The van der Waals surface area contributed by atoms with Crippen LogP contribution in [0.3, 0.4) is 0 Å². The highest BCUT2D eigenvalue weighted by Crippen LogP contribution is 2.63. The monoisotopic (exact) mass is 801 g/mol. The zero-order valence-corrected chi connectivity index (χ0v) is 34.4. The third-order valence-electron chi connectivity index (χ3n) is 13.4. The predicted molar refractivity (Wildman–Crippen MR) is 260 cm³/mol. The minimum Gasteiger partial charge on any atom is -0.310 e. The van der Waals surface area contributed by atoms with E-state index in [2.05, 4.69) is 246 Å². The molecule has 13 rings (SSSR count). The van der Waals surface area contributed by atoms with Gasteiger partial charge in [0.1, 0.15) is 5.82 Å². The van der Waals surface area contributed by atoms with Gasteiger partial charge in [-0.25, -0.2) is 4.98 Å². The first-order valence-electron chi connectivity index (χ1n) is 21.7. The van der Waals surface area contributed by atoms with Gasteiger partial charge in [-0.3, -0.25) is 4.57 Å². The Bertz CT molecular complexity index is 3470. The maximum absolute atomic E-state index is 5.38. The summed E-state index contributed by atoms with van der Waals surface area (Å²) in [7, 11) is 0. The third-order valence-corrected chi connectivity index (χ3v) is 13.4. The van der Waals surface area contributed by atoms with Crippen molar-refractivity contribution in [2.75, 3.05) is 4.90 Å². The van der Waals surface area contributed by atoms with Gasteiger partial charge in [-0.05, 0) is 110 Å². The summed E-state index contributed by atoms with van der Waals surface area (Å²) in [4.78, 5) is 7.86. The molecule has 1 aliphatic heterocycles. The Kier molecular flexibility index (Phi) is 7.82. The van der Waals surface area contributed by atoms with Crippen LogP contribution in [0.25, 0.3) is 72.3 Å². The van der Waals surface area contributed by atoms with Gasteiger partial charge in [0, 0.05) is 22.0 Å². The van der Waals surface area contributed by atoms with Crippen molar-refractivity contribution in [2.24, 2.45) is 0 Å². The quantitative estimate of drug-likeness (QED) is 0.173. The van der Waals surface area contributed by atoms with Crippen molar-refractivity contribution in [3.8, 4) is 50.5 Å². The molecule has 0 radical (unpaired) electrons. The normalized spacial score (nSPS) is 13.2. The molecular weight excluding hydrogens is 763 g/mol. The fourth-order valence-corrected chi connectivity index (χ4v) is 10.7. The first-order valence-corrected chi connectivity index (χ1v) is 21.7. The average molecular weight is 802 g/mol. The number of benzene rings is 9. The van der Waals surface area contributed by atoms with Crippen molar-refractivity contribution >= 4 is 38.9 Å². The van der Waals surface area contributed by atoms with Crippen molar-refractivity contribution < 1.29 is 0 Å². The number of anilines is 3. The van der Waals surface area contributed by atoms with Crippen LogP contribution in [-0.2, 0) is 5.41 Å². The molecule has 0 atom stereocenters. The fourth-order valence-electron chi connectivity index (χ4n) is 10.7. The number of fused-ring (bicyclic) bond motifs is 12. The standard InChI is InChI=1S/C60H39N3/c1-4-18-40(19-5-1)44-37-54(41-20-6-2-7-21-41)61-59(39-44)63-55-30-16-12-26-48(55)49-36-42(33-35-56(49)63)43-32-34-53-58(38-43)62(45-22-8-3-9-23-45)57-31-17-15-29-52(57)60(53)50-27-13-10-24-46(50)47-25-11-14-28-51(47)60/h1-39H. The summed E-state index contributed by atoms with van der Waals surface area (Å²) < 4.78 is 2.34. The van der Waals surface area contributed by atoms with Crippen LogP contribution >= 0.6 is 0 Å².